The Hall–Kier alpha value is -1.76. The first kappa shape index (κ1) is 22.9. The molecule has 30 heavy (non-hydrogen) atoms. The lowest BCUT2D eigenvalue weighted by Gasteiger charge is -2.30. The van der Waals surface area contributed by atoms with Crippen LogP contribution in [0.1, 0.15) is 45.4 Å². The molecule has 0 bridgehead atoms. The highest BCUT2D eigenvalue weighted by Crippen LogP contribution is 2.40. The zero-order valence-corrected chi connectivity index (χ0v) is 17.7. The minimum absolute atomic E-state index is 0.166. The van der Waals surface area contributed by atoms with Gasteiger partial charge in [0.2, 0.25) is 0 Å². The van der Waals surface area contributed by atoms with Gasteiger partial charge in [-0.05, 0) is 39.3 Å². The first-order chi connectivity index (χ1) is 14.5. The lowest BCUT2D eigenvalue weighted by Crippen LogP contribution is -2.51. The van der Waals surface area contributed by atoms with E-state index >= 15 is 0 Å². The third-order valence-corrected chi connectivity index (χ3v) is 5.81. The monoisotopic (exact) mass is 424 g/mol. The van der Waals surface area contributed by atoms with Gasteiger partial charge < -0.3 is 37.1 Å². The van der Waals surface area contributed by atoms with Crippen LogP contribution in [-0.2, 0) is 4.74 Å². The molecule has 1 aromatic heterocycles. The standard InChI is InChI=1S/C19H36N8O3/c1-12-15(28)16(29)19(30-12)26-11-27(14-17(22)23-10-24-18(14)26)25-13(7-9-21)6-4-2-3-5-8-20/h10,12-13,15-16,19,25,28-29H,2-9,11,20-21H2,1H3,(H2,22,23,24)/t12-,13?,15?,16?,19-/m1/s1. The Labute approximate surface area is 177 Å². The lowest BCUT2D eigenvalue weighted by molar-refractivity contribution is 0.0149. The van der Waals surface area contributed by atoms with Crippen LogP contribution in [-0.4, -0.2) is 70.5 Å². The van der Waals surface area contributed by atoms with Gasteiger partial charge in [-0.15, -0.1) is 0 Å². The van der Waals surface area contributed by atoms with Crippen molar-refractivity contribution in [1.82, 2.24) is 15.4 Å². The van der Waals surface area contributed by atoms with Gasteiger partial charge in [0.1, 0.15) is 30.9 Å². The Kier molecular flexibility index (Phi) is 8.03. The van der Waals surface area contributed by atoms with Crippen molar-refractivity contribution in [3.8, 4) is 0 Å². The molecule has 0 radical (unpaired) electrons. The fourth-order valence-electron chi connectivity index (χ4n) is 4.12. The number of rotatable bonds is 11. The van der Waals surface area contributed by atoms with Crippen LogP contribution in [0.5, 0.6) is 0 Å². The number of aliphatic hydroxyl groups excluding tert-OH is 2. The van der Waals surface area contributed by atoms with Gasteiger partial charge in [-0.2, -0.15) is 0 Å². The van der Waals surface area contributed by atoms with Gasteiger partial charge in [-0.25, -0.2) is 15.4 Å². The highest BCUT2D eigenvalue weighted by molar-refractivity contribution is 5.81. The van der Waals surface area contributed by atoms with Gasteiger partial charge in [-0.3, -0.25) is 5.01 Å². The second kappa shape index (κ2) is 10.5. The number of nitrogen functional groups attached to an aromatic ring is 1. The molecule has 0 saturated carbocycles. The Morgan fingerprint density at radius 3 is 2.57 bits per heavy atom. The van der Waals surface area contributed by atoms with Crippen molar-refractivity contribution < 1.29 is 14.9 Å². The smallest absolute Gasteiger partial charge is 0.162 e. The van der Waals surface area contributed by atoms with Gasteiger partial charge in [0.15, 0.2) is 17.9 Å². The van der Waals surface area contributed by atoms with E-state index in [9.17, 15) is 10.2 Å². The number of nitrogens with one attached hydrogen (secondary N) is 1. The summed E-state index contributed by atoms with van der Waals surface area (Å²) in [5, 5.41) is 22.5. The molecule has 2 aliphatic heterocycles. The van der Waals surface area contributed by atoms with Gasteiger partial charge in [0.25, 0.3) is 0 Å². The molecule has 3 unspecified atom stereocenters. The van der Waals surface area contributed by atoms with Crippen molar-refractivity contribution in [2.24, 2.45) is 11.5 Å². The minimum atomic E-state index is -1.05. The van der Waals surface area contributed by atoms with Gasteiger partial charge in [0, 0.05) is 6.04 Å². The van der Waals surface area contributed by atoms with E-state index in [1.165, 1.54) is 6.33 Å². The van der Waals surface area contributed by atoms with E-state index in [-0.39, 0.29) is 6.04 Å². The van der Waals surface area contributed by atoms with Crippen LogP contribution < -0.4 is 32.5 Å². The Morgan fingerprint density at radius 1 is 1.13 bits per heavy atom. The van der Waals surface area contributed by atoms with Crippen molar-refractivity contribution in [2.75, 3.05) is 35.4 Å². The summed E-state index contributed by atoms with van der Waals surface area (Å²) in [7, 11) is 0. The molecule has 3 rings (SSSR count). The molecule has 0 spiro atoms. The van der Waals surface area contributed by atoms with Crippen LogP contribution in [0.25, 0.3) is 0 Å². The average Bonchev–Trinajstić information content (AvgIpc) is 3.21. The summed E-state index contributed by atoms with van der Waals surface area (Å²) in [5.41, 5.74) is 21.7. The van der Waals surface area contributed by atoms with E-state index in [4.69, 9.17) is 21.9 Å². The Balaban J connectivity index is 1.72. The lowest BCUT2D eigenvalue weighted by atomic mass is 10.1. The summed E-state index contributed by atoms with van der Waals surface area (Å²) in [6, 6.07) is 0.166. The molecule has 170 valence electrons. The van der Waals surface area contributed by atoms with Crippen molar-refractivity contribution in [2.45, 2.75) is 76.0 Å². The van der Waals surface area contributed by atoms with Crippen molar-refractivity contribution in [3.63, 3.8) is 0 Å². The maximum Gasteiger partial charge on any atom is 0.162 e. The number of aliphatic hydroxyl groups is 2. The maximum absolute atomic E-state index is 10.5. The molecule has 0 amide bonds. The fourth-order valence-corrected chi connectivity index (χ4v) is 4.12. The number of anilines is 3. The number of hydrogen-bond acceptors (Lipinski definition) is 11. The van der Waals surface area contributed by atoms with Crippen molar-refractivity contribution >= 4 is 17.3 Å². The van der Waals surface area contributed by atoms with E-state index in [2.05, 4.69) is 15.4 Å². The summed E-state index contributed by atoms with van der Waals surface area (Å²) < 4.78 is 5.81. The molecular formula is C19H36N8O3. The fraction of sp³-hybridized carbons (Fsp3) is 0.789. The van der Waals surface area contributed by atoms with Crippen LogP contribution in [0.3, 0.4) is 0 Å². The number of fused-ring (bicyclic) bond motifs is 1. The van der Waals surface area contributed by atoms with Crippen molar-refractivity contribution in [3.05, 3.63) is 6.33 Å². The van der Waals surface area contributed by atoms with Crippen LogP contribution in [0.4, 0.5) is 17.3 Å². The first-order valence-electron chi connectivity index (χ1n) is 10.8. The predicted octanol–water partition coefficient (Wildman–Crippen LogP) is -0.759. The van der Waals surface area contributed by atoms with E-state index in [0.717, 1.165) is 45.1 Å². The summed E-state index contributed by atoms with van der Waals surface area (Å²) in [6.45, 7) is 3.39. The molecule has 3 heterocycles. The molecule has 0 aliphatic carbocycles. The van der Waals surface area contributed by atoms with E-state index < -0.39 is 24.5 Å². The molecule has 9 N–H and O–H groups in total. The number of unbranched alkanes of at least 4 members (excludes halogenated alkanes) is 3. The third kappa shape index (κ3) is 4.93. The number of aromatic nitrogens is 2. The molecule has 0 aromatic carbocycles. The Bertz CT molecular complexity index is 681. The summed E-state index contributed by atoms with van der Waals surface area (Å²) in [5.74, 6) is 0.903. The molecule has 2 aliphatic rings. The average molecular weight is 425 g/mol. The van der Waals surface area contributed by atoms with Crippen LogP contribution in [0.15, 0.2) is 6.33 Å². The largest absolute Gasteiger partial charge is 0.388 e. The zero-order chi connectivity index (χ0) is 21.7. The number of hydrogen-bond donors (Lipinski definition) is 6. The first-order valence-corrected chi connectivity index (χ1v) is 10.8. The predicted molar refractivity (Wildman–Crippen MR) is 115 cm³/mol. The summed E-state index contributed by atoms with van der Waals surface area (Å²) in [6.07, 6.45) is 4.35. The molecule has 1 saturated heterocycles. The molecule has 1 fully saturated rings. The molecule has 11 heteroatoms. The maximum atomic E-state index is 10.5. The highest BCUT2D eigenvalue weighted by atomic mass is 16.6. The van der Waals surface area contributed by atoms with Crippen molar-refractivity contribution in [1.29, 1.82) is 0 Å². The highest BCUT2D eigenvalue weighted by Gasteiger charge is 2.47. The quantitative estimate of drug-likeness (QED) is 0.247. The summed E-state index contributed by atoms with van der Waals surface area (Å²) in [4.78, 5) is 10.3. The molecule has 11 nitrogen and oxygen atoms in total. The van der Waals surface area contributed by atoms with Gasteiger partial charge >= 0.3 is 0 Å². The Morgan fingerprint density at radius 2 is 1.90 bits per heavy atom. The SMILES string of the molecule is C[C@H]1O[C@@H](N2CN(NC(CCN)CCCCCCN)c3c(N)ncnc32)C(O)C1O. The molecular weight excluding hydrogens is 388 g/mol. The topological polar surface area (TPSA) is 172 Å². The number of nitrogens with zero attached hydrogens (tertiary/aromatic N) is 4. The van der Waals surface area contributed by atoms with Crippen LogP contribution in [0, 0.1) is 0 Å². The second-order valence-corrected chi connectivity index (χ2v) is 8.08. The number of nitrogens with two attached hydrogens (primary N) is 3. The summed E-state index contributed by atoms with van der Waals surface area (Å²) >= 11 is 0. The number of hydrazine groups is 1. The zero-order valence-electron chi connectivity index (χ0n) is 17.7. The number of ether oxygens (including phenoxy) is 1. The van der Waals surface area contributed by atoms with Gasteiger partial charge in [0.05, 0.1) is 6.10 Å². The van der Waals surface area contributed by atoms with Gasteiger partial charge in [-0.1, -0.05) is 19.3 Å². The van der Waals surface area contributed by atoms with Crippen LogP contribution in [0.2, 0.25) is 0 Å². The minimum Gasteiger partial charge on any atom is -0.388 e. The third-order valence-electron chi connectivity index (χ3n) is 5.81. The van der Waals surface area contributed by atoms with E-state index in [1.54, 1.807) is 11.8 Å². The van der Waals surface area contributed by atoms with E-state index in [0.29, 0.717) is 30.5 Å². The molecule has 1 aromatic rings. The molecule has 5 atom stereocenters. The van der Waals surface area contributed by atoms with Crippen LogP contribution >= 0.6 is 0 Å². The van der Waals surface area contributed by atoms with E-state index in [1.807, 2.05) is 5.01 Å². The normalized spacial score (nSPS) is 27.0. The second-order valence-electron chi connectivity index (χ2n) is 8.08.